The Morgan fingerprint density at radius 3 is 2.37 bits per heavy atom. The van der Waals surface area contributed by atoms with E-state index in [1.807, 2.05) is 68.4 Å². The number of rotatable bonds is 9. The maximum absolute atomic E-state index is 14.0. The molecule has 0 radical (unpaired) electrons. The van der Waals surface area contributed by atoms with Crippen molar-refractivity contribution in [1.82, 2.24) is 29.7 Å². The van der Waals surface area contributed by atoms with Crippen LogP contribution in [0, 0.1) is 31.1 Å². The Bertz CT molecular complexity index is 2340. The standard InChI is InChI=1S/C41H40F2N8O/c1-24-12-15-51(21-24)22-27-16-29(19-44)37-35(17-27)48-41(52-37)32-10-6-8-30(25(32)2)31-9-7-11-33(26(31)3)46-39-36-34(47-40(49-39)38(42)43)18-28(20-45-36)23-50-13-4-5-14-50/h6-11,16-18,20,24,38H,4-5,12-15,21-23H2,1-3H3,(H,46,47,49)/t24-/m0/s1. The van der Waals surface area contributed by atoms with Crippen LogP contribution >= 0.6 is 0 Å². The van der Waals surface area contributed by atoms with Gasteiger partial charge in [0.1, 0.15) is 17.1 Å². The fourth-order valence-electron chi connectivity index (χ4n) is 7.71. The smallest absolute Gasteiger partial charge is 0.297 e. The first-order valence-corrected chi connectivity index (χ1v) is 17.9. The SMILES string of the molecule is Cc1c(Nc2nc(C(F)F)nc3cc(CN4CCCC4)cnc23)cccc1-c1cccc(-c2nc3cc(CN4CC[C@H](C)C4)cc(C#N)c3o2)c1C. The number of aromatic nitrogens is 4. The van der Waals surface area contributed by atoms with E-state index in [1.54, 1.807) is 6.20 Å². The zero-order valence-electron chi connectivity index (χ0n) is 29.6. The first kappa shape index (κ1) is 33.8. The quantitative estimate of drug-likeness (QED) is 0.158. The number of hydrogen-bond acceptors (Lipinski definition) is 9. The van der Waals surface area contributed by atoms with E-state index < -0.39 is 12.2 Å². The average molecular weight is 699 g/mol. The molecule has 6 aromatic rings. The van der Waals surface area contributed by atoms with Crippen LogP contribution in [0.4, 0.5) is 20.3 Å². The summed E-state index contributed by atoms with van der Waals surface area (Å²) in [6.07, 6.45) is 2.46. The molecule has 264 valence electrons. The van der Waals surface area contributed by atoms with Gasteiger partial charge in [0.2, 0.25) is 5.89 Å². The molecule has 2 aliphatic heterocycles. The van der Waals surface area contributed by atoms with Gasteiger partial charge in [-0.3, -0.25) is 14.8 Å². The highest BCUT2D eigenvalue weighted by atomic mass is 19.3. The predicted molar refractivity (Wildman–Crippen MR) is 198 cm³/mol. The highest BCUT2D eigenvalue weighted by Gasteiger charge is 2.23. The third-order valence-electron chi connectivity index (χ3n) is 10.4. The molecule has 2 fully saturated rings. The van der Waals surface area contributed by atoms with Crippen molar-refractivity contribution >= 4 is 33.6 Å². The molecule has 0 unspecified atom stereocenters. The molecule has 9 nitrogen and oxygen atoms in total. The summed E-state index contributed by atoms with van der Waals surface area (Å²) in [4.78, 5) is 22.7. The zero-order valence-corrected chi connectivity index (χ0v) is 29.6. The van der Waals surface area contributed by atoms with Gasteiger partial charge in [-0.05, 0) is 122 Å². The highest BCUT2D eigenvalue weighted by molar-refractivity contribution is 5.90. The lowest BCUT2D eigenvalue weighted by Gasteiger charge is -2.17. The highest BCUT2D eigenvalue weighted by Crippen LogP contribution is 2.38. The number of pyridine rings is 1. The van der Waals surface area contributed by atoms with E-state index >= 15 is 0 Å². The molecule has 3 aromatic carbocycles. The number of nitriles is 1. The second kappa shape index (κ2) is 14.0. The number of alkyl halides is 2. The molecule has 52 heavy (non-hydrogen) atoms. The number of halogens is 2. The second-order valence-electron chi connectivity index (χ2n) is 14.3. The summed E-state index contributed by atoms with van der Waals surface area (Å²) < 4.78 is 34.4. The van der Waals surface area contributed by atoms with E-state index in [1.165, 1.54) is 6.42 Å². The van der Waals surface area contributed by atoms with Gasteiger partial charge >= 0.3 is 0 Å². The third-order valence-corrected chi connectivity index (χ3v) is 10.4. The van der Waals surface area contributed by atoms with Gasteiger partial charge in [-0.25, -0.2) is 23.7 Å². The number of fused-ring (bicyclic) bond motifs is 2. The minimum Gasteiger partial charge on any atom is -0.435 e. The van der Waals surface area contributed by atoms with Crippen LogP contribution in [0.15, 0.2) is 65.2 Å². The third kappa shape index (κ3) is 6.60. The van der Waals surface area contributed by atoms with Crippen LogP contribution in [-0.2, 0) is 13.1 Å². The van der Waals surface area contributed by atoms with Crippen molar-refractivity contribution in [2.24, 2.45) is 5.92 Å². The molecule has 8 rings (SSSR count). The van der Waals surface area contributed by atoms with Crippen molar-refractivity contribution in [3.05, 3.63) is 94.4 Å². The largest absolute Gasteiger partial charge is 0.435 e. The fraction of sp³-hybridized carbons (Fsp3) is 0.341. The van der Waals surface area contributed by atoms with E-state index in [2.05, 4.69) is 43.1 Å². The molecule has 0 bridgehead atoms. The maximum Gasteiger partial charge on any atom is 0.297 e. The molecule has 3 aromatic heterocycles. The summed E-state index contributed by atoms with van der Waals surface area (Å²) >= 11 is 0. The number of nitrogens with zero attached hydrogens (tertiary/aromatic N) is 7. The number of benzene rings is 3. The molecule has 11 heteroatoms. The molecule has 0 aliphatic carbocycles. The Kier molecular flexibility index (Phi) is 9.11. The van der Waals surface area contributed by atoms with Gasteiger partial charge in [0.15, 0.2) is 17.2 Å². The fourth-order valence-corrected chi connectivity index (χ4v) is 7.71. The molecular weight excluding hydrogens is 659 g/mol. The summed E-state index contributed by atoms with van der Waals surface area (Å²) in [5.41, 5.74) is 9.76. The maximum atomic E-state index is 14.0. The number of hydrogen-bond donors (Lipinski definition) is 1. The molecular formula is C41H40F2N8O. The lowest BCUT2D eigenvalue weighted by molar-refractivity contribution is 0.141. The molecule has 0 spiro atoms. The van der Waals surface area contributed by atoms with Crippen LogP contribution in [-0.4, -0.2) is 55.9 Å². The van der Waals surface area contributed by atoms with Crippen LogP contribution in [0.2, 0.25) is 0 Å². The monoisotopic (exact) mass is 698 g/mol. The normalized spacial score (nSPS) is 16.8. The molecule has 5 heterocycles. The first-order valence-electron chi connectivity index (χ1n) is 17.9. The van der Waals surface area contributed by atoms with Crippen LogP contribution in [0.1, 0.15) is 66.3 Å². The summed E-state index contributed by atoms with van der Waals surface area (Å²) in [7, 11) is 0. The average Bonchev–Trinajstić information content (AvgIpc) is 3.90. The Balaban J connectivity index is 1.12. The van der Waals surface area contributed by atoms with E-state index in [4.69, 9.17) is 9.40 Å². The van der Waals surface area contributed by atoms with E-state index in [0.717, 1.165) is 84.5 Å². The second-order valence-corrected chi connectivity index (χ2v) is 14.3. The van der Waals surface area contributed by atoms with Crippen LogP contribution in [0.5, 0.6) is 0 Å². The predicted octanol–water partition coefficient (Wildman–Crippen LogP) is 9.11. The van der Waals surface area contributed by atoms with Crippen LogP contribution in [0.3, 0.4) is 0 Å². The first-order chi connectivity index (χ1) is 25.2. The number of anilines is 2. The molecule has 2 saturated heterocycles. The van der Waals surface area contributed by atoms with Gasteiger partial charge in [-0.15, -0.1) is 0 Å². The van der Waals surface area contributed by atoms with Crippen molar-refractivity contribution in [2.45, 2.75) is 59.5 Å². The molecule has 1 atom stereocenters. The van der Waals surface area contributed by atoms with Gasteiger partial charge in [0, 0.05) is 37.1 Å². The summed E-state index contributed by atoms with van der Waals surface area (Å²) in [6, 6.07) is 20.0. The van der Waals surface area contributed by atoms with Gasteiger partial charge in [0.25, 0.3) is 6.43 Å². The van der Waals surface area contributed by atoms with Gasteiger partial charge in [0.05, 0.1) is 11.1 Å². The zero-order chi connectivity index (χ0) is 35.9. The Hall–Kier alpha value is -5.31. The van der Waals surface area contributed by atoms with Gasteiger partial charge in [-0.1, -0.05) is 31.2 Å². The van der Waals surface area contributed by atoms with E-state index in [-0.39, 0.29) is 5.82 Å². The summed E-state index contributed by atoms with van der Waals surface area (Å²) in [5, 5.41) is 13.3. The molecule has 0 saturated carbocycles. The van der Waals surface area contributed by atoms with Crippen LogP contribution in [0.25, 0.3) is 44.7 Å². The van der Waals surface area contributed by atoms with Gasteiger partial charge < -0.3 is 9.73 Å². The van der Waals surface area contributed by atoms with E-state index in [9.17, 15) is 14.0 Å². The minimum absolute atomic E-state index is 0.233. The van der Waals surface area contributed by atoms with Gasteiger partial charge in [-0.2, -0.15) is 5.26 Å². The van der Waals surface area contributed by atoms with Crippen molar-refractivity contribution < 1.29 is 13.2 Å². The Labute approximate surface area is 301 Å². The Morgan fingerprint density at radius 1 is 0.885 bits per heavy atom. The van der Waals surface area contributed by atoms with Crippen molar-refractivity contribution in [2.75, 3.05) is 31.5 Å². The minimum atomic E-state index is -2.83. The number of likely N-dealkylation sites (tertiary alicyclic amines) is 2. The lowest BCUT2D eigenvalue weighted by Crippen LogP contribution is -2.19. The van der Waals surface area contributed by atoms with Crippen molar-refractivity contribution in [1.29, 1.82) is 5.26 Å². The van der Waals surface area contributed by atoms with Crippen LogP contribution < -0.4 is 5.32 Å². The Morgan fingerprint density at radius 2 is 1.62 bits per heavy atom. The van der Waals surface area contributed by atoms with E-state index in [0.29, 0.717) is 51.7 Å². The summed E-state index contributed by atoms with van der Waals surface area (Å²) in [6.45, 7) is 11.9. The number of nitrogens with one attached hydrogen (secondary N) is 1. The molecule has 1 N–H and O–H groups in total. The topological polar surface area (TPSA) is 107 Å². The number of oxazole rings is 1. The molecule has 2 aliphatic rings. The van der Waals surface area contributed by atoms with Crippen molar-refractivity contribution in [3.63, 3.8) is 0 Å². The lowest BCUT2D eigenvalue weighted by atomic mass is 9.93. The molecule has 0 amide bonds. The van der Waals surface area contributed by atoms with Crippen molar-refractivity contribution in [3.8, 4) is 28.7 Å². The summed E-state index contributed by atoms with van der Waals surface area (Å²) in [5.74, 6) is 0.820.